The van der Waals surface area contributed by atoms with E-state index in [0.717, 1.165) is 5.56 Å². The number of anilines is 2. The average Bonchev–Trinajstić information content (AvgIpc) is 3.09. The van der Waals surface area contributed by atoms with Gasteiger partial charge in [0, 0.05) is 31.6 Å². The van der Waals surface area contributed by atoms with Crippen molar-refractivity contribution in [1.82, 2.24) is 4.90 Å². The van der Waals surface area contributed by atoms with Crippen LogP contribution < -0.4 is 10.2 Å². The van der Waals surface area contributed by atoms with Crippen LogP contribution in [0.5, 0.6) is 0 Å². The number of nitrogens with one attached hydrogen (secondary N) is 1. The number of non-ortho nitro benzene ring substituents is 1. The lowest BCUT2D eigenvalue weighted by atomic mass is 10.1. The van der Waals surface area contributed by atoms with Gasteiger partial charge in [0.15, 0.2) is 0 Å². The van der Waals surface area contributed by atoms with Gasteiger partial charge >= 0.3 is 0 Å². The highest BCUT2D eigenvalue weighted by atomic mass is 35.5. The molecule has 0 radical (unpaired) electrons. The number of nitrogens with zero attached hydrogens (tertiary/aromatic N) is 3. The monoisotopic (exact) mass is 430 g/mol. The Balaban J connectivity index is 1.57. The molecule has 1 fully saturated rings. The molecule has 0 bridgehead atoms. The lowest BCUT2D eigenvalue weighted by Crippen LogP contribution is -2.41. The van der Waals surface area contributed by atoms with Gasteiger partial charge in [0.2, 0.25) is 11.8 Å². The van der Waals surface area contributed by atoms with E-state index < -0.39 is 4.92 Å². The molecule has 2 aromatic rings. The van der Waals surface area contributed by atoms with Crippen LogP contribution in [0.2, 0.25) is 5.02 Å². The molecular formula is C21H23ClN4O4. The Morgan fingerprint density at radius 2 is 2.07 bits per heavy atom. The molecule has 1 heterocycles. The Morgan fingerprint density at radius 3 is 2.77 bits per heavy atom. The third-order valence-corrected chi connectivity index (χ3v) is 5.57. The Kier molecular flexibility index (Phi) is 6.69. The Morgan fingerprint density at radius 1 is 1.33 bits per heavy atom. The molecule has 1 aliphatic rings. The van der Waals surface area contributed by atoms with Crippen molar-refractivity contribution in [3.63, 3.8) is 0 Å². The van der Waals surface area contributed by atoms with E-state index in [0.29, 0.717) is 35.9 Å². The molecule has 0 spiro atoms. The quantitative estimate of drug-likeness (QED) is 0.534. The summed E-state index contributed by atoms with van der Waals surface area (Å²) >= 11 is 6.22. The average molecular weight is 431 g/mol. The number of rotatable bonds is 7. The maximum atomic E-state index is 12.8. The normalized spacial score (nSPS) is 16.2. The topological polar surface area (TPSA) is 95.8 Å². The number of carbonyl (C=O) groups is 2. The first kappa shape index (κ1) is 21.7. The molecule has 0 saturated carbocycles. The number of likely N-dealkylation sites (N-methyl/N-ethyl adjacent to an activating group) is 1. The van der Waals surface area contributed by atoms with E-state index in [1.165, 1.54) is 12.1 Å². The number of benzene rings is 2. The van der Waals surface area contributed by atoms with E-state index >= 15 is 0 Å². The highest BCUT2D eigenvalue weighted by Gasteiger charge is 2.35. The summed E-state index contributed by atoms with van der Waals surface area (Å²) < 4.78 is 0. The molecular weight excluding hydrogens is 408 g/mol. The molecule has 1 atom stereocenters. The molecule has 9 heteroatoms. The molecule has 2 aromatic carbocycles. The van der Waals surface area contributed by atoms with Gasteiger partial charge in [-0.1, -0.05) is 29.8 Å². The van der Waals surface area contributed by atoms with E-state index in [9.17, 15) is 19.7 Å². The van der Waals surface area contributed by atoms with Gasteiger partial charge in [-0.15, -0.1) is 0 Å². The number of nitro benzene ring substituents is 1. The van der Waals surface area contributed by atoms with Gasteiger partial charge in [-0.2, -0.15) is 0 Å². The largest absolute Gasteiger partial charge is 0.326 e. The molecule has 1 N–H and O–H groups in total. The standard InChI is InChI=1S/C21H23ClN4O4/c1-14-7-8-15(26(29)30)13-17(14)23-20(27)10-11-24(2)19-9-12-25(21(19)28)18-6-4-3-5-16(18)22/h3-8,13,19H,9-12H2,1-2H3,(H,23,27). The fourth-order valence-electron chi connectivity index (χ4n) is 3.49. The SMILES string of the molecule is Cc1ccc([N+](=O)[O-])cc1NC(=O)CCN(C)C1CCN(c2ccccc2Cl)C1=O. The second-order valence-electron chi connectivity index (χ2n) is 7.28. The van der Waals surface area contributed by atoms with Crippen LogP contribution in [0.25, 0.3) is 0 Å². The van der Waals surface area contributed by atoms with Gasteiger partial charge in [0.1, 0.15) is 0 Å². The molecule has 8 nitrogen and oxygen atoms in total. The molecule has 158 valence electrons. The molecule has 2 amide bonds. The summed E-state index contributed by atoms with van der Waals surface area (Å²) in [7, 11) is 1.81. The molecule has 1 aliphatic heterocycles. The van der Waals surface area contributed by atoms with E-state index in [4.69, 9.17) is 11.6 Å². The summed E-state index contributed by atoms with van der Waals surface area (Å²) in [5, 5.41) is 14.2. The summed E-state index contributed by atoms with van der Waals surface area (Å²) in [6.07, 6.45) is 0.806. The minimum atomic E-state index is -0.501. The zero-order chi connectivity index (χ0) is 21.8. The van der Waals surface area contributed by atoms with Crippen LogP contribution >= 0.6 is 11.6 Å². The first-order valence-electron chi connectivity index (χ1n) is 9.59. The fraction of sp³-hybridized carbons (Fsp3) is 0.333. The number of hydrogen-bond acceptors (Lipinski definition) is 5. The van der Waals surface area contributed by atoms with Crippen molar-refractivity contribution in [1.29, 1.82) is 0 Å². The predicted molar refractivity (Wildman–Crippen MR) is 116 cm³/mol. The smallest absolute Gasteiger partial charge is 0.271 e. The van der Waals surface area contributed by atoms with Crippen molar-refractivity contribution in [3.8, 4) is 0 Å². The van der Waals surface area contributed by atoms with Gasteiger partial charge < -0.3 is 10.2 Å². The molecule has 1 unspecified atom stereocenters. The van der Waals surface area contributed by atoms with Crippen LogP contribution in [0.1, 0.15) is 18.4 Å². The molecule has 30 heavy (non-hydrogen) atoms. The van der Waals surface area contributed by atoms with Gasteiger partial charge in [0.25, 0.3) is 5.69 Å². The summed E-state index contributed by atoms with van der Waals surface area (Å²) in [6.45, 7) is 2.72. The van der Waals surface area contributed by atoms with E-state index in [-0.39, 0.29) is 30.0 Å². The predicted octanol–water partition coefficient (Wildman–Crippen LogP) is 3.62. The third kappa shape index (κ3) is 4.77. The molecule has 0 aromatic heterocycles. The lowest BCUT2D eigenvalue weighted by Gasteiger charge is -2.24. The zero-order valence-electron chi connectivity index (χ0n) is 16.8. The number of halogens is 1. The van der Waals surface area contributed by atoms with Crippen molar-refractivity contribution < 1.29 is 14.5 Å². The van der Waals surface area contributed by atoms with Gasteiger partial charge in [-0.25, -0.2) is 0 Å². The summed E-state index contributed by atoms with van der Waals surface area (Å²) in [5.41, 5.74) is 1.77. The van der Waals surface area contributed by atoms with E-state index in [2.05, 4.69) is 5.32 Å². The van der Waals surface area contributed by atoms with Crippen LogP contribution in [0.3, 0.4) is 0 Å². The third-order valence-electron chi connectivity index (χ3n) is 5.25. The second kappa shape index (κ2) is 9.23. The first-order chi connectivity index (χ1) is 14.3. The Hall–Kier alpha value is -2.97. The lowest BCUT2D eigenvalue weighted by molar-refractivity contribution is -0.384. The number of carbonyl (C=O) groups excluding carboxylic acids is 2. The highest BCUT2D eigenvalue weighted by molar-refractivity contribution is 6.33. The molecule has 3 rings (SSSR count). The minimum absolute atomic E-state index is 0.0412. The van der Waals surface area contributed by atoms with Crippen molar-refractivity contribution in [2.24, 2.45) is 0 Å². The highest BCUT2D eigenvalue weighted by Crippen LogP contribution is 2.30. The number of hydrogen-bond donors (Lipinski definition) is 1. The van der Waals surface area contributed by atoms with Gasteiger partial charge in [-0.05, 0) is 38.1 Å². The van der Waals surface area contributed by atoms with Crippen LogP contribution in [-0.4, -0.2) is 47.8 Å². The second-order valence-corrected chi connectivity index (χ2v) is 7.69. The van der Waals surface area contributed by atoms with Crippen LogP contribution in [0.4, 0.5) is 17.1 Å². The van der Waals surface area contributed by atoms with Crippen LogP contribution in [-0.2, 0) is 9.59 Å². The first-order valence-corrected chi connectivity index (χ1v) is 9.96. The summed E-state index contributed by atoms with van der Waals surface area (Å²) in [4.78, 5) is 39.2. The summed E-state index contributed by atoms with van der Waals surface area (Å²) in [6, 6.07) is 11.2. The van der Waals surface area contributed by atoms with Crippen molar-refractivity contribution in [2.45, 2.75) is 25.8 Å². The number of para-hydroxylation sites is 1. The van der Waals surface area contributed by atoms with Crippen molar-refractivity contribution >= 4 is 40.5 Å². The molecule has 1 saturated heterocycles. The van der Waals surface area contributed by atoms with Crippen LogP contribution in [0, 0.1) is 17.0 Å². The number of aryl methyl sites for hydroxylation is 1. The Bertz CT molecular complexity index is 981. The van der Waals surface area contributed by atoms with E-state index in [1.807, 2.05) is 30.1 Å². The van der Waals surface area contributed by atoms with Crippen molar-refractivity contribution in [3.05, 3.63) is 63.2 Å². The maximum absolute atomic E-state index is 12.8. The number of amides is 2. The van der Waals surface area contributed by atoms with E-state index in [1.54, 1.807) is 24.0 Å². The maximum Gasteiger partial charge on any atom is 0.271 e. The summed E-state index contributed by atoms with van der Waals surface area (Å²) in [5.74, 6) is -0.306. The number of nitro groups is 1. The zero-order valence-corrected chi connectivity index (χ0v) is 17.6. The van der Waals surface area contributed by atoms with Crippen LogP contribution in [0.15, 0.2) is 42.5 Å². The van der Waals surface area contributed by atoms with Gasteiger partial charge in [0.05, 0.1) is 27.4 Å². The van der Waals surface area contributed by atoms with Crippen molar-refractivity contribution in [2.75, 3.05) is 30.4 Å². The Labute approximate surface area is 179 Å². The van der Waals surface area contributed by atoms with Gasteiger partial charge in [-0.3, -0.25) is 24.6 Å². The fourth-order valence-corrected chi connectivity index (χ4v) is 3.73. The minimum Gasteiger partial charge on any atom is -0.326 e. The molecule has 0 aliphatic carbocycles.